The molecule has 0 fully saturated rings. The van der Waals surface area contributed by atoms with E-state index in [1.54, 1.807) is 6.20 Å². The Bertz CT molecular complexity index is 873. The molecule has 0 aliphatic heterocycles. The van der Waals surface area contributed by atoms with E-state index in [0.717, 1.165) is 16.9 Å². The maximum atomic E-state index is 11.3. The highest BCUT2D eigenvalue weighted by atomic mass is 16.1. The summed E-state index contributed by atoms with van der Waals surface area (Å²) in [5.74, 6) is 0.492. The normalized spacial score (nSPS) is 10.4. The molecule has 24 heavy (non-hydrogen) atoms. The quantitative estimate of drug-likeness (QED) is 0.746. The van der Waals surface area contributed by atoms with Crippen LogP contribution in [0.2, 0.25) is 0 Å². The first-order valence-corrected chi connectivity index (χ1v) is 7.50. The van der Waals surface area contributed by atoms with Gasteiger partial charge in [0, 0.05) is 37.6 Å². The largest absolute Gasteiger partial charge is 0.378 e. The molecular formula is C17H18N6O. The second-order valence-corrected chi connectivity index (χ2v) is 5.46. The molecule has 122 valence electrons. The van der Waals surface area contributed by atoms with E-state index in [1.807, 2.05) is 49.3 Å². The predicted octanol–water partition coefficient (Wildman–Crippen LogP) is 1.90. The third-order valence-corrected chi connectivity index (χ3v) is 3.50. The highest BCUT2D eigenvalue weighted by Crippen LogP contribution is 2.21. The summed E-state index contributed by atoms with van der Waals surface area (Å²) >= 11 is 0. The van der Waals surface area contributed by atoms with Gasteiger partial charge in [0.15, 0.2) is 0 Å². The van der Waals surface area contributed by atoms with Crippen molar-refractivity contribution in [1.29, 1.82) is 0 Å². The molecule has 0 radical (unpaired) electrons. The molecule has 3 aromatic rings. The second kappa shape index (κ2) is 6.91. The molecule has 0 spiro atoms. The third-order valence-electron chi connectivity index (χ3n) is 3.50. The van der Waals surface area contributed by atoms with Crippen LogP contribution < -0.4 is 15.8 Å². The van der Waals surface area contributed by atoms with E-state index in [1.165, 1.54) is 12.4 Å². The fourth-order valence-electron chi connectivity index (χ4n) is 2.21. The van der Waals surface area contributed by atoms with Crippen molar-refractivity contribution in [2.45, 2.75) is 6.54 Å². The molecule has 2 N–H and O–H groups in total. The number of rotatable bonds is 5. The Morgan fingerprint density at radius 2 is 1.92 bits per heavy atom. The Labute approximate surface area is 139 Å². The zero-order valence-corrected chi connectivity index (χ0v) is 13.5. The first-order chi connectivity index (χ1) is 11.6. The van der Waals surface area contributed by atoms with Gasteiger partial charge >= 0.3 is 0 Å². The first kappa shape index (κ1) is 15.7. The summed E-state index contributed by atoms with van der Waals surface area (Å²) in [6, 6.07) is 11.5. The lowest BCUT2D eigenvalue weighted by Gasteiger charge is -2.12. The van der Waals surface area contributed by atoms with Crippen LogP contribution in [-0.4, -0.2) is 34.0 Å². The zero-order chi connectivity index (χ0) is 16.9. The van der Waals surface area contributed by atoms with Crippen molar-refractivity contribution in [3.8, 4) is 11.3 Å². The van der Waals surface area contributed by atoms with Crippen LogP contribution in [0.1, 0.15) is 5.69 Å². The predicted molar refractivity (Wildman–Crippen MR) is 94.0 cm³/mol. The topological polar surface area (TPSA) is 86.8 Å². The lowest BCUT2D eigenvalue weighted by molar-refractivity contribution is 0.965. The second-order valence-electron chi connectivity index (χ2n) is 5.46. The molecule has 0 amide bonds. The molecule has 0 aliphatic rings. The summed E-state index contributed by atoms with van der Waals surface area (Å²) in [7, 11) is 4.01. The molecule has 0 aliphatic carbocycles. The summed E-state index contributed by atoms with van der Waals surface area (Å²) in [4.78, 5) is 28.6. The van der Waals surface area contributed by atoms with Crippen LogP contribution in [0.3, 0.4) is 0 Å². The molecular weight excluding hydrogens is 304 g/mol. The van der Waals surface area contributed by atoms with Crippen LogP contribution in [-0.2, 0) is 6.54 Å². The Morgan fingerprint density at radius 3 is 2.62 bits per heavy atom. The van der Waals surface area contributed by atoms with Gasteiger partial charge in [-0.15, -0.1) is 0 Å². The summed E-state index contributed by atoms with van der Waals surface area (Å²) in [6.07, 6.45) is 3.08. The van der Waals surface area contributed by atoms with Crippen LogP contribution >= 0.6 is 0 Å². The number of H-pyrrole nitrogens is 1. The minimum absolute atomic E-state index is 0.183. The summed E-state index contributed by atoms with van der Waals surface area (Å²) < 4.78 is 0. The number of benzene rings is 1. The molecule has 0 bridgehead atoms. The molecule has 3 rings (SSSR count). The van der Waals surface area contributed by atoms with Gasteiger partial charge in [-0.05, 0) is 18.2 Å². The van der Waals surface area contributed by atoms with Gasteiger partial charge in [0.05, 0.1) is 24.3 Å². The van der Waals surface area contributed by atoms with Crippen molar-refractivity contribution in [3.63, 3.8) is 0 Å². The standard InChI is InChI=1S/C17H18N6O/c1-23(2)14-5-3-12(4-6-14)15-7-8-18-17(22-15)19-10-13-9-16(24)21-11-20-13/h3-9,11H,10H2,1-2H3,(H,18,19,22)(H,20,21,24). The molecule has 0 unspecified atom stereocenters. The maximum Gasteiger partial charge on any atom is 0.250 e. The van der Waals surface area contributed by atoms with Crippen molar-refractivity contribution in [3.05, 3.63) is 65.0 Å². The molecule has 7 nitrogen and oxygen atoms in total. The van der Waals surface area contributed by atoms with Crippen molar-refractivity contribution < 1.29 is 0 Å². The van der Waals surface area contributed by atoms with E-state index in [4.69, 9.17) is 0 Å². The van der Waals surface area contributed by atoms with Gasteiger partial charge in [0.25, 0.3) is 5.56 Å². The van der Waals surface area contributed by atoms with E-state index in [-0.39, 0.29) is 5.56 Å². The van der Waals surface area contributed by atoms with Gasteiger partial charge in [-0.1, -0.05) is 12.1 Å². The van der Waals surface area contributed by atoms with Gasteiger partial charge in [-0.25, -0.2) is 15.0 Å². The highest BCUT2D eigenvalue weighted by Gasteiger charge is 2.04. The van der Waals surface area contributed by atoms with E-state index in [9.17, 15) is 4.79 Å². The molecule has 0 saturated carbocycles. The van der Waals surface area contributed by atoms with Gasteiger partial charge in [-0.2, -0.15) is 0 Å². The van der Waals surface area contributed by atoms with E-state index in [2.05, 4.69) is 25.3 Å². The third kappa shape index (κ3) is 3.75. The van der Waals surface area contributed by atoms with Crippen molar-refractivity contribution in [2.24, 2.45) is 0 Å². The van der Waals surface area contributed by atoms with E-state index in [0.29, 0.717) is 18.2 Å². The molecule has 7 heteroatoms. The Kier molecular flexibility index (Phi) is 4.51. The van der Waals surface area contributed by atoms with Crippen LogP contribution in [0, 0.1) is 0 Å². The number of anilines is 2. The van der Waals surface area contributed by atoms with Gasteiger partial charge in [0.2, 0.25) is 5.95 Å². The number of nitrogens with one attached hydrogen (secondary N) is 2. The van der Waals surface area contributed by atoms with Crippen molar-refractivity contribution >= 4 is 11.6 Å². The fraction of sp³-hybridized carbons (Fsp3) is 0.176. The average Bonchev–Trinajstić information content (AvgIpc) is 2.60. The van der Waals surface area contributed by atoms with Gasteiger partial charge in [-0.3, -0.25) is 4.79 Å². The van der Waals surface area contributed by atoms with Crippen LogP contribution in [0.25, 0.3) is 11.3 Å². The molecule has 0 saturated heterocycles. The van der Waals surface area contributed by atoms with Crippen LogP contribution in [0.4, 0.5) is 11.6 Å². The Morgan fingerprint density at radius 1 is 1.12 bits per heavy atom. The molecule has 2 aromatic heterocycles. The van der Waals surface area contributed by atoms with Crippen LogP contribution in [0.5, 0.6) is 0 Å². The molecule has 2 heterocycles. The van der Waals surface area contributed by atoms with E-state index < -0.39 is 0 Å². The molecule has 1 aromatic carbocycles. The van der Waals surface area contributed by atoms with Gasteiger partial charge < -0.3 is 15.2 Å². The summed E-state index contributed by atoms with van der Waals surface area (Å²) in [5.41, 5.74) is 3.42. The lowest BCUT2D eigenvalue weighted by Crippen LogP contribution is -2.11. The number of nitrogens with zero attached hydrogens (tertiary/aromatic N) is 4. The number of hydrogen-bond acceptors (Lipinski definition) is 6. The smallest absolute Gasteiger partial charge is 0.250 e. The fourth-order valence-corrected chi connectivity index (χ4v) is 2.21. The first-order valence-electron chi connectivity index (χ1n) is 7.50. The number of aromatic amines is 1. The Hall–Kier alpha value is -3.22. The van der Waals surface area contributed by atoms with Crippen molar-refractivity contribution in [1.82, 2.24) is 19.9 Å². The summed E-state index contributed by atoms with van der Waals surface area (Å²) in [6.45, 7) is 0.382. The summed E-state index contributed by atoms with van der Waals surface area (Å²) in [5, 5.41) is 3.08. The van der Waals surface area contributed by atoms with E-state index >= 15 is 0 Å². The van der Waals surface area contributed by atoms with Crippen molar-refractivity contribution in [2.75, 3.05) is 24.3 Å². The molecule has 0 atom stereocenters. The van der Waals surface area contributed by atoms with Gasteiger partial charge in [0.1, 0.15) is 0 Å². The SMILES string of the molecule is CN(C)c1ccc(-c2ccnc(NCc3cc(=O)[nH]cn3)n2)cc1. The zero-order valence-electron chi connectivity index (χ0n) is 13.5. The highest BCUT2D eigenvalue weighted by molar-refractivity contribution is 5.63. The Balaban J connectivity index is 1.75. The minimum atomic E-state index is -0.183. The monoisotopic (exact) mass is 322 g/mol. The van der Waals surface area contributed by atoms with Crippen LogP contribution in [0.15, 0.2) is 53.7 Å². The minimum Gasteiger partial charge on any atom is -0.378 e. The maximum absolute atomic E-state index is 11.3. The lowest BCUT2D eigenvalue weighted by atomic mass is 10.1. The number of hydrogen-bond donors (Lipinski definition) is 2. The average molecular weight is 322 g/mol. The number of aromatic nitrogens is 4.